The summed E-state index contributed by atoms with van der Waals surface area (Å²) in [7, 11) is 1.75. The number of esters is 1. The second-order valence-corrected chi connectivity index (χ2v) is 8.11. The number of Topliss-reactive ketones (excluding diaryl/α,β-unsaturated/α-hetero) is 1. The van der Waals surface area contributed by atoms with Gasteiger partial charge >= 0.3 is 5.97 Å². The zero-order chi connectivity index (χ0) is 19.5. The quantitative estimate of drug-likeness (QED) is 0.609. The van der Waals surface area contributed by atoms with Crippen molar-refractivity contribution in [2.45, 2.75) is 32.6 Å². The molecule has 1 aliphatic heterocycles. The minimum Gasteiger partial charge on any atom is -0.466 e. The Balaban J connectivity index is 1.97. The number of ether oxygens (including phenoxy) is 1. The van der Waals surface area contributed by atoms with E-state index in [1.165, 1.54) is 0 Å². The van der Waals surface area contributed by atoms with Crippen LogP contribution in [0.15, 0.2) is 35.9 Å². The molecule has 5 nitrogen and oxygen atoms in total. The van der Waals surface area contributed by atoms with Crippen molar-refractivity contribution in [2.24, 2.45) is 23.7 Å². The van der Waals surface area contributed by atoms with Gasteiger partial charge < -0.3 is 9.64 Å². The van der Waals surface area contributed by atoms with Crippen LogP contribution in [0.5, 0.6) is 0 Å². The van der Waals surface area contributed by atoms with E-state index in [1.54, 1.807) is 18.9 Å². The predicted molar refractivity (Wildman–Crippen MR) is 101 cm³/mol. The van der Waals surface area contributed by atoms with Gasteiger partial charge in [0.15, 0.2) is 5.78 Å². The fourth-order valence-electron chi connectivity index (χ4n) is 5.52. The number of carbonyl (C=O) groups excluding carboxylic acids is 3. The molecule has 4 rings (SSSR count). The largest absolute Gasteiger partial charge is 0.466 e. The van der Waals surface area contributed by atoms with Crippen molar-refractivity contribution in [3.63, 3.8) is 0 Å². The van der Waals surface area contributed by atoms with Gasteiger partial charge in [0.2, 0.25) is 5.91 Å². The maximum Gasteiger partial charge on any atom is 0.311 e. The molecule has 1 aromatic carbocycles. The second kappa shape index (κ2) is 6.04. The number of carbonyl (C=O) groups is 3. The number of anilines is 1. The van der Waals surface area contributed by atoms with E-state index >= 15 is 0 Å². The summed E-state index contributed by atoms with van der Waals surface area (Å²) in [5, 5.41) is 0. The average molecular weight is 367 g/mol. The summed E-state index contributed by atoms with van der Waals surface area (Å²) < 4.78 is 5.35. The highest BCUT2D eigenvalue weighted by Crippen LogP contribution is 2.65. The summed E-state index contributed by atoms with van der Waals surface area (Å²) in [5.41, 5.74) is 1.36. The number of hydrogen-bond donors (Lipinski definition) is 0. The van der Waals surface area contributed by atoms with Gasteiger partial charge in [-0.2, -0.15) is 0 Å². The van der Waals surface area contributed by atoms with Crippen LogP contribution in [0, 0.1) is 23.7 Å². The summed E-state index contributed by atoms with van der Waals surface area (Å²) in [6.07, 6.45) is 2.51. The third-order valence-corrected chi connectivity index (χ3v) is 6.35. The molecule has 2 aliphatic carbocycles. The fraction of sp³-hybridized carbons (Fsp3) is 0.500. The lowest BCUT2D eigenvalue weighted by Crippen LogP contribution is -2.54. The molecule has 0 unspecified atom stereocenters. The second-order valence-electron chi connectivity index (χ2n) is 8.11. The van der Waals surface area contributed by atoms with Crippen LogP contribution in [-0.4, -0.2) is 31.3 Å². The number of rotatable bonds is 3. The number of para-hydroxylation sites is 1. The molecule has 1 amide bonds. The zero-order valence-corrected chi connectivity index (χ0v) is 16.2. The van der Waals surface area contributed by atoms with Gasteiger partial charge in [-0.1, -0.05) is 38.1 Å². The van der Waals surface area contributed by atoms with Gasteiger partial charge in [-0.05, 0) is 36.5 Å². The van der Waals surface area contributed by atoms with Crippen molar-refractivity contribution in [1.82, 2.24) is 0 Å². The Labute approximate surface area is 159 Å². The third kappa shape index (κ3) is 2.14. The van der Waals surface area contributed by atoms with E-state index in [9.17, 15) is 14.4 Å². The van der Waals surface area contributed by atoms with E-state index in [4.69, 9.17) is 4.74 Å². The molecule has 27 heavy (non-hydrogen) atoms. The summed E-state index contributed by atoms with van der Waals surface area (Å²) >= 11 is 0. The molecule has 1 aromatic rings. The molecule has 0 radical (unpaired) electrons. The first-order valence-corrected chi connectivity index (χ1v) is 9.65. The molecule has 4 atom stereocenters. The first kappa shape index (κ1) is 18.0. The van der Waals surface area contributed by atoms with Crippen LogP contribution in [0.4, 0.5) is 5.69 Å². The Morgan fingerprint density at radius 1 is 1.33 bits per heavy atom. The van der Waals surface area contributed by atoms with Crippen molar-refractivity contribution < 1.29 is 19.1 Å². The minimum absolute atomic E-state index is 0.0113. The number of nitrogens with zero attached hydrogens (tertiary/aromatic N) is 1. The number of benzene rings is 1. The summed E-state index contributed by atoms with van der Waals surface area (Å²) in [6, 6.07) is 7.63. The molecule has 2 bridgehead atoms. The van der Waals surface area contributed by atoms with Gasteiger partial charge in [0.05, 0.1) is 17.9 Å². The highest BCUT2D eigenvalue weighted by atomic mass is 16.5. The third-order valence-electron chi connectivity index (χ3n) is 6.35. The molecule has 0 N–H and O–H groups in total. The van der Waals surface area contributed by atoms with E-state index in [-0.39, 0.29) is 30.1 Å². The molecular weight excluding hydrogens is 342 g/mol. The average Bonchev–Trinajstić information content (AvgIpc) is 3.21. The number of hydrogen-bond acceptors (Lipinski definition) is 4. The first-order chi connectivity index (χ1) is 12.9. The molecule has 1 spiro atoms. The van der Waals surface area contributed by atoms with Gasteiger partial charge in [-0.25, -0.2) is 0 Å². The molecule has 1 heterocycles. The monoisotopic (exact) mass is 367 g/mol. The van der Waals surface area contributed by atoms with Crippen LogP contribution in [-0.2, 0) is 24.5 Å². The zero-order valence-electron chi connectivity index (χ0n) is 16.2. The Morgan fingerprint density at radius 2 is 2.04 bits per heavy atom. The SMILES string of the molecule is CCOC(=O)[C@@H]1[C@@H]2C[C@@H](/C(=C\C(C)C)C2=O)[C@@]12C(=O)N(C)c1ccccc12. The Morgan fingerprint density at radius 3 is 2.70 bits per heavy atom. The predicted octanol–water partition coefficient (Wildman–Crippen LogP) is 2.88. The highest BCUT2D eigenvalue weighted by molar-refractivity contribution is 6.16. The van der Waals surface area contributed by atoms with E-state index < -0.39 is 23.2 Å². The van der Waals surface area contributed by atoms with Crippen molar-refractivity contribution >= 4 is 23.3 Å². The van der Waals surface area contributed by atoms with Crippen molar-refractivity contribution in [1.29, 1.82) is 0 Å². The Kier molecular flexibility index (Phi) is 4.02. The molecule has 2 fully saturated rings. The van der Waals surface area contributed by atoms with Gasteiger partial charge in [0.25, 0.3) is 0 Å². The number of likely N-dealkylation sites (N-methyl/N-ethyl adjacent to an activating group) is 1. The summed E-state index contributed by atoms with van der Waals surface area (Å²) in [5.74, 6) is -1.83. The summed E-state index contributed by atoms with van der Waals surface area (Å²) in [4.78, 5) is 41.3. The van der Waals surface area contributed by atoms with Gasteiger partial charge in [0, 0.05) is 24.6 Å². The van der Waals surface area contributed by atoms with Crippen molar-refractivity contribution in [3.05, 3.63) is 41.5 Å². The standard InChI is InChI=1S/C22H25NO4/c1-5-27-20(25)18-14-11-16(13(19(14)24)10-12(2)3)22(18)15-8-6-7-9-17(15)23(4)21(22)26/h6-10,12,14,16,18H,5,11H2,1-4H3/b13-10+/t14-,16-,18-,22+/m0/s1. The lowest BCUT2D eigenvalue weighted by molar-refractivity contribution is -0.156. The maximum atomic E-state index is 13.6. The molecule has 3 aliphatic rings. The van der Waals surface area contributed by atoms with Gasteiger partial charge in [-0.15, -0.1) is 0 Å². The molecule has 2 saturated carbocycles. The van der Waals surface area contributed by atoms with E-state index in [0.717, 1.165) is 11.3 Å². The van der Waals surface area contributed by atoms with E-state index in [0.29, 0.717) is 12.0 Å². The number of amides is 1. The van der Waals surface area contributed by atoms with Gasteiger partial charge in [-0.3, -0.25) is 14.4 Å². The van der Waals surface area contributed by atoms with Crippen LogP contribution in [0.25, 0.3) is 0 Å². The topological polar surface area (TPSA) is 63.7 Å². The van der Waals surface area contributed by atoms with Gasteiger partial charge in [0.1, 0.15) is 0 Å². The first-order valence-electron chi connectivity index (χ1n) is 9.65. The maximum absolute atomic E-state index is 13.6. The molecule has 0 aromatic heterocycles. The Hall–Kier alpha value is -2.43. The molecule has 0 saturated heterocycles. The van der Waals surface area contributed by atoms with Crippen LogP contribution >= 0.6 is 0 Å². The summed E-state index contributed by atoms with van der Waals surface area (Å²) in [6.45, 7) is 6.04. The highest BCUT2D eigenvalue weighted by Gasteiger charge is 2.73. The van der Waals surface area contributed by atoms with Crippen molar-refractivity contribution in [2.75, 3.05) is 18.6 Å². The lowest BCUT2D eigenvalue weighted by atomic mass is 9.60. The fourth-order valence-corrected chi connectivity index (χ4v) is 5.52. The van der Waals surface area contributed by atoms with Crippen LogP contribution in [0.2, 0.25) is 0 Å². The lowest BCUT2D eigenvalue weighted by Gasteiger charge is -2.39. The van der Waals surface area contributed by atoms with E-state index in [2.05, 4.69) is 0 Å². The van der Waals surface area contributed by atoms with E-state index in [1.807, 2.05) is 44.2 Å². The molecular formula is C22H25NO4. The Bertz CT molecular complexity index is 871. The normalized spacial score (nSPS) is 32.9. The smallest absolute Gasteiger partial charge is 0.311 e. The molecule has 5 heteroatoms. The van der Waals surface area contributed by atoms with Crippen molar-refractivity contribution in [3.8, 4) is 0 Å². The minimum atomic E-state index is -1.03. The molecule has 142 valence electrons. The number of allylic oxidation sites excluding steroid dienone is 2. The number of ketones is 1. The van der Waals surface area contributed by atoms with Crippen LogP contribution < -0.4 is 4.90 Å². The van der Waals surface area contributed by atoms with Crippen LogP contribution in [0.1, 0.15) is 32.8 Å². The number of fused-ring (bicyclic) bond motifs is 5. The van der Waals surface area contributed by atoms with Crippen LogP contribution in [0.3, 0.4) is 0 Å².